The molecular formula is C18H18ClN5O. The maximum absolute atomic E-state index is 9.42. The number of pyridine rings is 1. The quantitative estimate of drug-likeness (QED) is 0.755. The second-order valence-electron chi connectivity index (χ2n) is 5.59. The lowest BCUT2D eigenvalue weighted by molar-refractivity contribution is 0.369. The van der Waals surface area contributed by atoms with Crippen molar-refractivity contribution < 1.29 is 4.74 Å². The van der Waals surface area contributed by atoms with Crippen LogP contribution in [0.15, 0.2) is 24.3 Å². The predicted octanol–water partition coefficient (Wildman–Crippen LogP) is 3.68. The second kappa shape index (κ2) is 6.99. The standard InChI is InChI=1S/C18H18ClN5O/c1-4-15-14(18(25-3)24(2)23-15)10-21-17-7-11(9-20)13-8-12(19)5-6-16(13)22-17/h5-8H,4,10H2,1-3H3,(H,21,22). The van der Waals surface area contributed by atoms with Crippen LogP contribution in [0.1, 0.15) is 23.7 Å². The Morgan fingerprint density at radius 3 is 2.84 bits per heavy atom. The van der Waals surface area contributed by atoms with E-state index in [0.717, 1.165) is 34.5 Å². The van der Waals surface area contributed by atoms with Gasteiger partial charge in [0.05, 0.1) is 35.5 Å². The third-order valence-corrected chi connectivity index (χ3v) is 4.27. The molecule has 0 radical (unpaired) electrons. The van der Waals surface area contributed by atoms with E-state index in [1.165, 1.54) is 0 Å². The second-order valence-corrected chi connectivity index (χ2v) is 6.03. The monoisotopic (exact) mass is 355 g/mol. The number of anilines is 1. The molecule has 0 atom stereocenters. The smallest absolute Gasteiger partial charge is 0.216 e. The van der Waals surface area contributed by atoms with Crippen molar-refractivity contribution in [3.05, 3.63) is 46.1 Å². The first-order chi connectivity index (χ1) is 12.1. The summed E-state index contributed by atoms with van der Waals surface area (Å²) in [5, 5.41) is 18.5. The van der Waals surface area contributed by atoms with Gasteiger partial charge in [0.25, 0.3) is 0 Å². The Labute approximate surface area is 151 Å². The van der Waals surface area contributed by atoms with E-state index in [2.05, 4.69) is 28.4 Å². The Kier molecular flexibility index (Phi) is 4.77. The number of nitriles is 1. The van der Waals surface area contributed by atoms with Crippen LogP contribution in [0.5, 0.6) is 5.88 Å². The van der Waals surface area contributed by atoms with Gasteiger partial charge in [0.15, 0.2) is 0 Å². The van der Waals surface area contributed by atoms with Crippen LogP contribution >= 0.6 is 11.6 Å². The van der Waals surface area contributed by atoms with Gasteiger partial charge in [-0.25, -0.2) is 9.67 Å². The number of rotatable bonds is 5. The molecule has 0 amide bonds. The summed E-state index contributed by atoms with van der Waals surface area (Å²) in [6.07, 6.45) is 0.807. The lowest BCUT2D eigenvalue weighted by atomic mass is 10.1. The lowest BCUT2D eigenvalue weighted by Crippen LogP contribution is -2.05. The number of nitrogens with one attached hydrogen (secondary N) is 1. The fourth-order valence-corrected chi connectivity index (χ4v) is 3.05. The van der Waals surface area contributed by atoms with Crippen molar-refractivity contribution in [3.63, 3.8) is 0 Å². The van der Waals surface area contributed by atoms with E-state index < -0.39 is 0 Å². The molecule has 0 saturated heterocycles. The van der Waals surface area contributed by atoms with Crippen molar-refractivity contribution in [1.29, 1.82) is 5.26 Å². The molecule has 0 spiro atoms. The Morgan fingerprint density at radius 1 is 1.36 bits per heavy atom. The molecule has 0 aliphatic heterocycles. The van der Waals surface area contributed by atoms with Crippen LogP contribution in [0.4, 0.5) is 5.82 Å². The molecule has 3 aromatic rings. The Bertz CT molecular complexity index is 974. The van der Waals surface area contributed by atoms with Crippen molar-refractivity contribution in [2.24, 2.45) is 7.05 Å². The maximum Gasteiger partial charge on any atom is 0.216 e. The SMILES string of the molecule is CCc1nn(C)c(OC)c1CNc1cc(C#N)c2cc(Cl)ccc2n1. The molecule has 1 N–H and O–H groups in total. The van der Waals surface area contributed by atoms with Crippen LogP contribution in [-0.4, -0.2) is 21.9 Å². The Morgan fingerprint density at radius 2 is 2.16 bits per heavy atom. The van der Waals surface area contributed by atoms with Gasteiger partial charge < -0.3 is 10.1 Å². The number of benzene rings is 1. The predicted molar refractivity (Wildman–Crippen MR) is 97.9 cm³/mol. The topological polar surface area (TPSA) is 75.8 Å². The van der Waals surface area contributed by atoms with Crippen LogP contribution in [0.3, 0.4) is 0 Å². The number of fused-ring (bicyclic) bond motifs is 1. The van der Waals surface area contributed by atoms with Crippen molar-refractivity contribution in [3.8, 4) is 11.9 Å². The summed E-state index contributed by atoms with van der Waals surface area (Å²) in [4.78, 5) is 4.57. The number of nitrogens with zero attached hydrogens (tertiary/aromatic N) is 4. The van der Waals surface area contributed by atoms with Crippen LogP contribution < -0.4 is 10.1 Å². The highest BCUT2D eigenvalue weighted by Gasteiger charge is 2.16. The van der Waals surface area contributed by atoms with Crippen LogP contribution in [0.2, 0.25) is 5.02 Å². The summed E-state index contributed by atoms with van der Waals surface area (Å²) < 4.78 is 7.18. The summed E-state index contributed by atoms with van der Waals surface area (Å²) in [7, 11) is 3.49. The average Bonchev–Trinajstić information content (AvgIpc) is 2.93. The number of hydrogen-bond acceptors (Lipinski definition) is 5. The molecule has 0 bridgehead atoms. The largest absolute Gasteiger partial charge is 0.481 e. The summed E-state index contributed by atoms with van der Waals surface area (Å²) in [5.41, 5.74) is 3.22. The molecule has 2 heterocycles. The van der Waals surface area contributed by atoms with Crippen molar-refractivity contribution in [2.45, 2.75) is 19.9 Å². The first kappa shape index (κ1) is 17.1. The molecule has 0 saturated carbocycles. The van der Waals surface area contributed by atoms with E-state index in [-0.39, 0.29) is 0 Å². The first-order valence-corrected chi connectivity index (χ1v) is 8.28. The van der Waals surface area contributed by atoms with Gasteiger partial charge in [0, 0.05) is 24.0 Å². The maximum atomic E-state index is 9.42. The van der Waals surface area contributed by atoms with E-state index in [1.807, 2.05) is 13.1 Å². The Balaban J connectivity index is 1.95. The van der Waals surface area contributed by atoms with Gasteiger partial charge in [-0.1, -0.05) is 18.5 Å². The zero-order valence-electron chi connectivity index (χ0n) is 14.3. The van der Waals surface area contributed by atoms with Crippen molar-refractivity contribution in [1.82, 2.24) is 14.8 Å². The van der Waals surface area contributed by atoms with Gasteiger partial charge in [-0.2, -0.15) is 10.4 Å². The van der Waals surface area contributed by atoms with E-state index >= 15 is 0 Å². The molecule has 25 heavy (non-hydrogen) atoms. The van der Waals surface area contributed by atoms with Crippen molar-refractivity contribution in [2.75, 3.05) is 12.4 Å². The molecule has 0 aliphatic carbocycles. The summed E-state index contributed by atoms with van der Waals surface area (Å²) in [6, 6.07) is 9.27. The average molecular weight is 356 g/mol. The van der Waals surface area contributed by atoms with Gasteiger partial charge in [-0.3, -0.25) is 0 Å². The van der Waals surface area contributed by atoms with E-state index in [9.17, 15) is 5.26 Å². The normalized spacial score (nSPS) is 10.7. The van der Waals surface area contributed by atoms with Crippen LogP contribution in [0, 0.1) is 11.3 Å². The van der Waals surface area contributed by atoms with Gasteiger partial charge in [0.2, 0.25) is 5.88 Å². The zero-order chi connectivity index (χ0) is 18.0. The molecule has 6 nitrogen and oxygen atoms in total. The summed E-state index contributed by atoms with van der Waals surface area (Å²) >= 11 is 6.02. The fourth-order valence-electron chi connectivity index (χ4n) is 2.88. The third-order valence-electron chi connectivity index (χ3n) is 4.04. The van der Waals surface area contributed by atoms with E-state index in [1.54, 1.807) is 30.0 Å². The minimum absolute atomic E-state index is 0.511. The van der Waals surface area contributed by atoms with E-state index in [4.69, 9.17) is 16.3 Å². The van der Waals surface area contributed by atoms with Crippen LogP contribution in [0.25, 0.3) is 10.9 Å². The Hall–Kier alpha value is -2.78. The number of hydrogen-bond donors (Lipinski definition) is 1. The van der Waals surface area contributed by atoms with Gasteiger partial charge in [0.1, 0.15) is 5.82 Å². The van der Waals surface area contributed by atoms with Gasteiger partial charge in [-0.05, 0) is 30.7 Å². The van der Waals surface area contributed by atoms with Gasteiger partial charge in [-0.15, -0.1) is 0 Å². The highest BCUT2D eigenvalue weighted by Crippen LogP contribution is 2.26. The molecule has 2 aromatic heterocycles. The molecule has 0 fully saturated rings. The molecule has 0 aliphatic rings. The molecule has 0 unspecified atom stereocenters. The number of halogens is 1. The fraction of sp³-hybridized carbons (Fsp3) is 0.278. The highest BCUT2D eigenvalue weighted by atomic mass is 35.5. The number of aromatic nitrogens is 3. The van der Waals surface area contributed by atoms with Crippen LogP contribution in [-0.2, 0) is 20.0 Å². The first-order valence-electron chi connectivity index (χ1n) is 7.90. The minimum atomic E-state index is 0.511. The summed E-state index contributed by atoms with van der Waals surface area (Å²) in [5.74, 6) is 1.34. The zero-order valence-corrected chi connectivity index (χ0v) is 15.1. The third kappa shape index (κ3) is 3.24. The lowest BCUT2D eigenvalue weighted by Gasteiger charge is -2.10. The van der Waals surface area contributed by atoms with E-state index in [0.29, 0.717) is 22.9 Å². The number of aryl methyl sites for hydroxylation is 2. The number of ether oxygens (including phenoxy) is 1. The highest BCUT2D eigenvalue weighted by molar-refractivity contribution is 6.31. The molecule has 3 rings (SSSR count). The molecular weight excluding hydrogens is 338 g/mol. The van der Waals surface area contributed by atoms with Gasteiger partial charge >= 0.3 is 0 Å². The minimum Gasteiger partial charge on any atom is -0.481 e. The molecule has 7 heteroatoms. The molecule has 128 valence electrons. The molecule has 1 aromatic carbocycles. The number of methoxy groups -OCH3 is 1. The summed E-state index contributed by atoms with van der Waals surface area (Å²) in [6.45, 7) is 2.56. The van der Waals surface area contributed by atoms with Crippen molar-refractivity contribution >= 4 is 28.3 Å².